The maximum absolute atomic E-state index is 14.5. The summed E-state index contributed by atoms with van der Waals surface area (Å²) in [5.74, 6) is -0.547. The zero-order valence-electron chi connectivity index (χ0n) is 16.6. The number of ketones is 1. The lowest BCUT2D eigenvalue weighted by Crippen LogP contribution is -2.30. The van der Waals surface area contributed by atoms with Gasteiger partial charge in [0, 0.05) is 18.9 Å². The molecule has 3 rings (SSSR count). The third kappa shape index (κ3) is 4.97. The van der Waals surface area contributed by atoms with Crippen LogP contribution in [0, 0.1) is 5.82 Å². The molecule has 0 fully saturated rings. The first-order valence-electron chi connectivity index (χ1n) is 9.03. The number of allylic oxidation sites excluding steroid dienone is 1. The molecule has 1 aromatic carbocycles. The number of aliphatic imine (C=N–C) groups is 1. The zero-order chi connectivity index (χ0) is 22.1. The highest BCUT2D eigenvalue weighted by molar-refractivity contribution is 5.95. The molecular formula is C21H20F3N3O3. The molecule has 0 saturated carbocycles. The molecule has 0 unspecified atom stereocenters. The van der Waals surface area contributed by atoms with Crippen LogP contribution >= 0.6 is 0 Å². The van der Waals surface area contributed by atoms with Gasteiger partial charge in [0.15, 0.2) is 5.78 Å². The average Bonchev–Trinajstić information content (AvgIpc) is 2.61. The summed E-state index contributed by atoms with van der Waals surface area (Å²) in [5, 5.41) is 0. The third-order valence-electron chi connectivity index (χ3n) is 4.35. The van der Waals surface area contributed by atoms with E-state index in [4.69, 9.17) is 10.5 Å². The molecule has 6 nitrogen and oxygen atoms in total. The topological polar surface area (TPSA) is 86.8 Å². The van der Waals surface area contributed by atoms with Crippen LogP contribution in [0.1, 0.15) is 42.4 Å². The van der Waals surface area contributed by atoms with Gasteiger partial charge in [-0.2, -0.15) is 8.78 Å². The Balaban J connectivity index is 1.82. The van der Waals surface area contributed by atoms with Gasteiger partial charge >= 0.3 is 6.11 Å². The van der Waals surface area contributed by atoms with Gasteiger partial charge in [-0.15, -0.1) is 0 Å². The number of rotatable bonds is 6. The second-order valence-electron chi connectivity index (χ2n) is 7.16. The van der Waals surface area contributed by atoms with Crippen molar-refractivity contribution in [2.24, 2.45) is 10.7 Å². The van der Waals surface area contributed by atoms with E-state index in [-0.39, 0.29) is 35.2 Å². The van der Waals surface area contributed by atoms with E-state index in [1.54, 1.807) is 19.9 Å². The summed E-state index contributed by atoms with van der Waals surface area (Å²) in [6, 6.07) is 6.72. The summed E-state index contributed by atoms with van der Waals surface area (Å²) in [6.07, 6.45) is -0.735. The first-order chi connectivity index (χ1) is 13.9. The van der Waals surface area contributed by atoms with Crippen molar-refractivity contribution in [2.75, 3.05) is 0 Å². The molecule has 0 aliphatic carbocycles. The number of hydrogen-bond acceptors (Lipinski definition) is 6. The van der Waals surface area contributed by atoms with Crippen molar-refractivity contribution in [1.82, 2.24) is 4.98 Å². The van der Waals surface area contributed by atoms with E-state index in [1.165, 1.54) is 30.3 Å². The Labute approximate surface area is 171 Å². The minimum absolute atomic E-state index is 0.0705. The van der Waals surface area contributed by atoms with Crippen LogP contribution in [0.2, 0.25) is 0 Å². The largest absolute Gasteiger partial charge is 0.431 e. The predicted molar refractivity (Wildman–Crippen MR) is 104 cm³/mol. The van der Waals surface area contributed by atoms with Crippen LogP contribution in [-0.2, 0) is 16.7 Å². The molecule has 2 N–H and O–H groups in total. The minimum atomic E-state index is -3.35. The van der Waals surface area contributed by atoms with Gasteiger partial charge < -0.3 is 15.2 Å². The number of nitrogens with zero attached hydrogens (tertiary/aromatic N) is 2. The molecule has 0 spiro atoms. The molecule has 0 amide bonds. The molecule has 1 atom stereocenters. The number of Topliss-reactive ketones (excluding diaryl/α,β-unsaturated/α-hetero) is 1. The Morgan fingerprint density at radius 2 is 2.03 bits per heavy atom. The summed E-state index contributed by atoms with van der Waals surface area (Å²) >= 11 is 0. The lowest BCUT2D eigenvalue weighted by molar-refractivity contribution is -0.159. The van der Waals surface area contributed by atoms with Crippen LogP contribution in [0.3, 0.4) is 0 Å². The zero-order valence-corrected chi connectivity index (χ0v) is 16.6. The molecule has 30 heavy (non-hydrogen) atoms. The van der Waals surface area contributed by atoms with Crippen LogP contribution in [0.25, 0.3) is 0 Å². The number of hydrogen-bond donors (Lipinski definition) is 1. The fourth-order valence-electron chi connectivity index (χ4n) is 3.17. The van der Waals surface area contributed by atoms with Crippen LogP contribution in [0.4, 0.5) is 13.2 Å². The van der Waals surface area contributed by atoms with Crippen molar-refractivity contribution in [3.63, 3.8) is 0 Å². The average molecular weight is 419 g/mol. The molecule has 0 radical (unpaired) electrons. The molecule has 9 heteroatoms. The Bertz CT molecular complexity index is 1010. The maximum atomic E-state index is 14.5. The smallest absolute Gasteiger partial charge is 0.394 e. The fourth-order valence-corrected chi connectivity index (χ4v) is 3.17. The first kappa shape index (κ1) is 21.4. The molecule has 1 aliphatic rings. The number of halogens is 3. The number of nitrogens with two attached hydrogens (primary N) is 1. The van der Waals surface area contributed by atoms with E-state index < -0.39 is 17.5 Å². The van der Waals surface area contributed by atoms with Crippen LogP contribution < -0.4 is 10.5 Å². The van der Waals surface area contributed by atoms with Crippen molar-refractivity contribution in [3.8, 4) is 5.75 Å². The summed E-state index contributed by atoms with van der Waals surface area (Å²) in [7, 11) is 0. The number of carbonyl (C=O) groups excluding carboxylic acids is 1. The lowest BCUT2D eigenvalue weighted by atomic mass is 9.89. The van der Waals surface area contributed by atoms with Gasteiger partial charge in [-0.1, -0.05) is 6.07 Å². The van der Waals surface area contributed by atoms with Gasteiger partial charge in [0.2, 0.25) is 0 Å². The SMILES string of the molecule is CC1=C[C@@](C)(c2cc(CC(=O)c3ccc(OC(C)(F)F)cn3)ccc2F)N=C(N)O1. The molecule has 1 aliphatic heterocycles. The van der Waals surface area contributed by atoms with Gasteiger partial charge in [-0.3, -0.25) is 4.79 Å². The number of amidine groups is 1. The van der Waals surface area contributed by atoms with Gasteiger partial charge in [-0.25, -0.2) is 14.4 Å². The van der Waals surface area contributed by atoms with Gasteiger partial charge in [0.25, 0.3) is 6.02 Å². The van der Waals surface area contributed by atoms with Crippen molar-refractivity contribution in [3.05, 3.63) is 71.0 Å². The van der Waals surface area contributed by atoms with E-state index in [1.807, 2.05) is 0 Å². The molecule has 1 aromatic heterocycles. The highest BCUT2D eigenvalue weighted by atomic mass is 19.3. The predicted octanol–water partition coefficient (Wildman–Crippen LogP) is 4.10. The Kier molecular flexibility index (Phi) is 5.56. The molecule has 158 valence electrons. The van der Waals surface area contributed by atoms with Crippen molar-refractivity contribution < 1.29 is 27.4 Å². The highest BCUT2D eigenvalue weighted by Gasteiger charge is 2.31. The second kappa shape index (κ2) is 7.81. The fraction of sp³-hybridized carbons (Fsp3) is 0.286. The Morgan fingerprint density at radius 3 is 2.63 bits per heavy atom. The van der Waals surface area contributed by atoms with Crippen LogP contribution in [0.5, 0.6) is 5.75 Å². The van der Waals surface area contributed by atoms with E-state index in [2.05, 4.69) is 14.7 Å². The van der Waals surface area contributed by atoms with Crippen molar-refractivity contribution in [2.45, 2.75) is 38.8 Å². The van der Waals surface area contributed by atoms with E-state index in [0.717, 1.165) is 6.20 Å². The first-order valence-corrected chi connectivity index (χ1v) is 9.03. The number of pyridine rings is 1. The third-order valence-corrected chi connectivity index (χ3v) is 4.35. The molecular weight excluding hydrogens is 399 g/mol. The van der Waals surface area contributed by atoms with E-state index in [0.29, 0.717) is 18.2 Å². The minimum Gasteiger partial charge on any atom is -0.431 e. The monoisotopic (exact) mass is 419 g/mol. The van der Waals surface area contributed by atoms with Gasteiger partial charge in [-0.05, 0) is 49.8 Å². The van der Waals surface area contributed by atoms with Crippen molar-refractivity contribution >= 4 is 11.8 Å². The number of aromatic nitrogens is 1. The van der Waals surface area contributed by atoms with Crippen LogP contribution in [-0.4, -0.2) is 22.9 Å². The van der Waals surface area contributed by atoms with Crippen LogP contribution in [0.15, 0.2) is 53.4 Å². The summed E-state index contributed by atoms with van der Waals surface area (Å²) < 4.78 is 49.9. The molecule has 2 aromatic rings. The number of alkyl halides is 2. The quantitative estimate of drug-likeness (QED) is 0.713. The molecule has 2 heterocycles. The Morgan fingerprint density at radius 1 is 1.30 bits per heavy atom. The standard InChI is InChI=1S/C21H20F3N3O3/c1-12-10-20(2,27-19(25)29-12)15-8-13(4-6-16(15)22)9-18(28)17-7-5-14(11-26-17)30-21(3,23)24/h4-8,10-11H,9H2,1-3H3,(H2,25,27)/t20-/m0/s1. The lowest BCUT2D eigenvalue weighted by Gasteiger charge is -2.27. The van der Waals surface area contributed by atoms with Gasteiger partial charge in [0.05, 0.1) is 6.20 Å². The van der Waals surface area contributed by atoms with Gasteiger partial charge in [0.1, 0.15) is 28.6 Å². The maximum Gasteiger partial charge on any atom is 0.394 e. The van der Waals surface area contributed by atoms with E-state index >= 15 is 0 Å². The second-order valence-corrected chi connectivity index (χ2v) is 7.16. The summed E-state index contributed by atoms with van der Waals surface area (Å²) in [6.45, 7) is 3.96. The number of benzene rings is 1. The summed E-state index contributed by atoms with van der Waals surface area (Å²) in [4.78, 5) is 20.6. The normalized spacial score (nSPS) is 18.9. The van der Waals surface area contributed by atoms with Crippen molar-refractivity contribution in [1.29, 1.82) is 0 Å². The van der Waals surface area contributed by atoms with E-state index in [9.17, 15) is 18.0 Å². The molecule has 0 saturated heterocycles. The molecule has 0 bridgehead atoms. The number of ether oxygens (including phenoxy) is 2. The summed E-state index contributed by atoms with van der Waals surface area (Å²) in [5.41, 5.74) is 5.44. The highest BCUT2D eigenvalue weighted by Crippen LogP contribution is 2.34. The Hall–Kier alpha value is -3.36. The number of carbonyl (C=O) groups is 1.